The molecule has 0 atom stereocenters. The van der Waals surface area contributed by atoms with E-state index in [1.165, 1.54) is 57.4 Å². The normalized spacial score (nSPS) is 10.1. The van der Waals surface area contributed by atoms with Crippen LogP contribution in [0.3, 0.4) is 0 Å². The molecule has 0 fully saturated rings. The zero-order chi connectivity index (χ0) is 11.9. The van der Waals surface area contributed by atoms with Crippen molar-refractivity contribution >= 4 is 6.29 Å². The predicted molar refractivity (Wildman–Crippen MR) is 70.2 cm³/mol. The van der Waals surface area contributed by atoms with Crippen LogP contribution in [0.5, 0.6) is 0 Å². The second kappa shape index (κ2) is 14.0. The summed E-state index contributed by atoms with van der Waals surface area (Å²) in [7, 11) is 0. The predicted octanol–water partition coefficient (Wildman–Crippen LogP) is 4.28. The summed E-state index contributed by atoms with van der Waals surface area (Å²) in [6.07, 6.45) is 15.4. The number of carbonyl (C=O) groups excluding carboxylic acids is 1. The summed E-state index contributed by atoms with van der Waals surface area (Å²) in [5.74, 6) is 5.88. The first-order chi connectivity index (χ1) is 7.91. The number of unbranched alkanes of at least 4 members (excludes halogenated alkanes) is 8. The van der Waals surface area contributed by atoms with E-state index in [1.807, 2.05) is 0 Å². The van der Waals surface area contributed by atoms with E-state index in [1.54, 1.807) is 6.08 Å². The van der Waals surface area contributed by atoms with Gasteiger partial charge in [-0.05, 0) is 18.6 Å². The molecule has 0 heterocycles. The van der Waals surface area contributed by atoms with Crippen molar-refractivity contribution in [2.45, 2.75) is 64.7 Å². The molecular formula is C15H24O. The molecule has 0 saturated carbocycles. The minimum absolute atomic E-state index is 0.755. The Balaban J connectivity index is 3.11. The maximum Gasteiger partial charge on any atom is 0.143 e. The molecule has 0 N–H and O–H groups in total. The standard InChI is InChI=1S/C15H24O/c1-2-3-4-5-6-7-8-9-10-11-12-13-14-15-16/h13-15H,2-10H2,1H3/b14-13+. The van der Waals surface area contributed by atoms with Gasteiger partial charge in [-0.25, -0.2) is 0 Å². The molecule has 0 saturated heterocycles. The summed E-state index contributed by atoms with van der Waals surface area (Å²) in [5.41, 5.74) is 0. The smallest absolute Gasteiger partial charge is 0.143 e. The first-order valence-electron chi connectivity index (χ1n) is 6.50. The van der Waals surface area contributed by atoms with Gasteiger partial charge in [0, 0.05) is 6.42 Å². The molecule has 0 amide bonds. The molecule has 16 heavy (non-hydrogen) atoms. The lowest BCUT2D eigenvalue weighted by atomic mass is 10.1. The minimum atomic E-state index is 0.755. The molecule has 0 rings (SSSR count). The number of hydrogen-bond donors (Lipinski definition) is 0. The average Bonchev–Trinajstić information content (AvgIpc) is 2.31. The van der Waals surface area contributed by atoms with Gasteiger partial charge in [0.2, 0.25) is 0 Å². The van der Waals surface area contributed by atoms with Crippen LogP contribution in [0.25, 0.3) is 0 Å². The lowest BCUT2D eigenvalue weighted by Gasteiger charge is -1.98. The number of hydrogen-bond acceptors (Lipinski definition) is 1. The van der Waals surface area contributed by atoms with Crippen molar-refractivity contribution in [2.24, 2.45) is 0 Å². The monoisotopic (exact) mass is 220 g/mol. The van der Waals surface area contributed by atoms with E-state index in [9.17, 15) is 4.79 Å². The van der Waals surface area contributed by atoms with E-state index in [0.717, 1.165) is 12.7 Å². The fourth-order valence-electron chi connectivity index (χ4n) is 1.57. The Morgan fingerprint density at radius 2 is 1.56 bits per heavy atom. The van der Waals surface area contributed by atoms with Crippen molar-refractivity contribution in [1.82, 2.24) is 0 Å². The molecule has 0 aliphatic carbocycles. The molecule has 0 aromatic heterocycles. The highest BCUT2D eigenvalue weighted by Gasteiger charge is 1.89. The maximum atomic E-state index is 9.93. The molecule has 0 unspecified atom stereocenters. The molecule has 0 aromatic carbocycles. The second-order valence-corrected chi connectivity index (χ2v) is 4.04. The third-order valence-corrected chi connectivity index (χ3v) is 2.52. The van der Waals surface area contributed by atoms with Gasteiger partial charge in [0.1, 0.15) is 6.29 Å². The Labute approximate surface area is 100 Å². The second-order valence-electron chi connectivity index (χ2n) is 4.04. The molecule has 0 aromatic rings. The number of carbonyl (C=O) groups is 1. The largest absolute Gasteiger partial charge is 0.299 e. The Morgan fingerprint density at radius 3 is 2.19 bits per heavy atom. The summed E-state index contributed by atoms with van der Waals surface area (Å²) in [4.78, 5) is 9.93. The van der Waals surface area contributed by atoms with Gasteiger partial charge in [-0.1, -0.05) is 63.7 Å². The van der Waals surface area contributed by atoms with Crippen LogP contribution >= 0.6 is 0 Å². The van der Waals surface area contributed by atoms with Crippen LogP contribution in [0.4, 0.5) is 0 Å². The van der Waals surface area contributed by atoms with Gasteiger partial charge in [0.25, 0.3) is 0 Å². The minimum Gasteiger partial charge on any atom is -0.299 e. The first kappa shape index (κ1) is 15.0. The van der Waals surface area contributed by atoms with Crippen LogP contribution in [-0.2, 0) is 4.79 Å². The van der Waals surface area contributed by atoms with Crippen LogP contribution < -0.4 is 0 Å². The van der Waals surface area contributed by atoms with Crippen LogP contribution in [0.1, 0.15) is 64.7 Å². The Bertz CT molecular complexity index is 230. The van der Waals surface area contributed by atoms with E-state index in [0.29, 0.717) is 0 Å². The van der Waals surface area contributed by atoms with E-state index >= 15 is 0 Å². The van der Waals surface area contributed by atoms with E-state index in [4.69, 9.17) is 0 Å². The van der Waals surface area contributed by atoms with Crippen molar-refractivity contribution in [3.05, 3.63) is 12.2 Å². The highest BCUT2D eigenvalue weighted by Crippen LogP contribution is 2.08. The highest BCUT2D eigenvalue weighted by molar-refractivity contribution is 5.65. The molecule has 0 spiro atoms. The van der Waals surface area contributed by atoms with Gasteiger partial charge in [-0.15, -0.1) is 0 Å². The van der Waals surface area contributed by atoms with E-state index < -0.39 is 0 Å². The summed E-state index contributed by atoms with van der Waals surface area (Å²) < 4.78 is 0. The fraction of sp³-hybridized carbons (Fsp3) is 0.667. The molecule has 1 heteroatoms. The summed E-state index contributed by atoms with van der Waals surface area (Å²) in [5, 5.41) is 0. The SMILES string of the molecule is CCCCCCCCCCC#C/C=C/C=O. The Morgan fingerprint density at radius 1 is 0.938 bits per heavy atom. The van der Waals surface area contributed by atoms with Crippen LogP contribution in [0, 0.1) is 11.8 Å². The van der Waals surface area contributed by atoms with Crippen molar-refractivity contribution in [1.29, 1.82) is 0 Å². The zero-order valence-electron chi connectivity index (χ0n) is 10.5. The molecule has 90 valence electrons. The molecule has 0 aliphatic heterocycles. The molecular weight excluding hydrogens is 196 g/mol. The number of rotatable bonds is 9. The molecule has 0 aliphatic rings. The Hall–Kier alpha value is -1.03. The maximum absolute atomic E-state index is 9.93. The van der Waals surface area contributed by atoms with Crippen molar-refractivity contribution in [3.63, 3.8) is 0 Å². The molecule has 0 bridgehead atoms. The summed E-state index contributed by atoms with van der Waals surface area (Å²) >= 11 is 0. The van der Waals surface area contributed by atoms with Gasteiger partial charge in [0.05, 0.1) is 0 Å². The summed E-state index contributed by atoms with van der Waals surface area (Å²) in [6.45, 7) is 2.25. The van der Waals surface area contributed by atoms with Gasteiger partial charge in [-0.2, -0.15) is 0 Å². The van der Waals surface area contributed by atoms with Crippen molar-refractivity contribution in [2.75, 3.05) is 0 Å². The Kier molecular flexibility index (Phi) is 13.1. The van der Waals surface area contributed by atoms with Crippen LogP contribution in [0.2, 0.25) is 0 Å². The summed E-state index contributed by atoms with van der Waals surface area (Å²) in [6, 6.07) is 0. The topological polar surface area (TPSA) is 17.1 Å². The first-order valence-corrected chi connectivity index (χ1v) is 6.50. The van der Waals surface area contributed by atoms with Crippen LogP contribution in [0.15, 0.2) is 12.2 Å². The molecule has 0 radical (unpaired) electrons. The van der Waals surface area contributed by atoms with E-state index in [2.05, 4.69) is 18.8 Å². The third-order valence-electron chi connectivity index (χ3n) is 2.52. The van der Waals surface area contributed by atoms with Crippen molar-refractivity contribution in [3.8, 4) is 11.8 Å². The van der Waals surface area contributed by atoms with E-state index in [-0.39, 0.29) is 0 Å². The van der Waals surface area contributed by atoms with Gasteiger partial charge in [-0.3, -0.25) is 4.79 Å². The van der Waals surface area contributed by atoms with Crippen molar-refractivity contribution < 1.29 is 4.79 Å². The van der Waals surface area contributed by atoms with Gasteiger partial charge >= 0.3 is 0 Å². The third kappa shape index (κ3) is 13.0. The fourth-order valence-corrected chi connectivity index (χ4v) is 1.57. The number of allylic oxidation sites excluding steroid dienone is 2. The average molecular weight is 220 g/mol. The quantitative estimate of drug-likeness (QED) is 0.245. The van der Waals surface area contributed by atoms with Gasteiger partial charge in [0.15, 0.2) is 0 Å². The highest BCUT2D eigenvalue weighted by atomic mass is 16.1. The lowest BCUT2D eigenvalue weighted by molar-refractivity contribution is -0.104. The van der Waals surface area contributed by atoms with Crippen LogP contribution in [-0.4, -0.2) is 6.29 Å². The van der Waals surface area contributed by atoms with Gasteiger partial charge < -0.3 is 0 Å². The number of aldehydes is 1. The molecule has 1 nitrogen and oxygen atoms in total. The zero-order valence-corrected chi connectivity index (χ0v) is 10.5. The lowest BCUT2D eigenvalue weighted by Crippen LogP contribution is -1.79.